The van der Waals surface area contributed by atoms with E-state index in [1.165, 1.54) is 32.8 Å². The number of hydrogen-bond donors (Lipinski definition) is 2. The second-order valence-electron chi connectivity index (χ2n) is 7.83. The third-order valence-corrected chi connectivity index (χ3v) is 5.96. The molecular formula is C25H35Cl2N3O2. The van der Waals surface area contributed by atoms with Gasteiger partial charge in [-0.1, -0.05) is 56.0 Å². The van der Waals surface area contributed by atoms with E-state index in [4.69, 9.17) is 27.9 Å². The number of carbonyl (C=O) groups is 1. The highest BCUT2D eigenvalue weighted by Crippen LogP contribution is 2.28. The van der Waals surface area contributed by atoms with E-state index in [9.17, 15) is 4.79 Å². The highest BCUT2D eigenvalue weighted by molar-refractivity contribution is 6.42. The largest absolute Gasteiger partial charge is 0.491 e. The van der Waals surface area contributed by atoms with E-state index in [2.05, 4.69) is 29.0 Å². The fourth-order valence-corrected chi connectivity index (χ4v) is 3.74. The van der Waals surface area contributed by atoms with Crippen molar-refractivity contribution in [3.05, 3.63) is 51.8 Å². The summed E-state index contributed by atoms with van der Waals surface area (Å²) in [6.45, 7) is 8.32. The van der Waals surface area contributed by atoms with Crippen molar-refractivity contribution in [2.75, 3.05) is 33.3 Å². The number of nitrogens with one attached hydrogen (secondary N) is 2. The number of halogens is 2. The first-order valence-corrected chi connectivity index (χ1v) is 12.1. The minimum Gasteiger partial charge on any atom is -0.491 e. The van der Waals surface area contributed by atoms with Crippen LogP contribution in [0.25, 0.3) is 17.0 Å². The number of fused-ring (bicyclic) bond motifs is 1. The van der Waals surface area contributed by atoms with Gasteiger partial charge in [0.05, 0.1) is 17.2 Å². The fourth-order valence-electron chi connectivity index (χ4n) is 3.40. The lowest BCUT2D eigenvalue weighted by atomic mass is 10.2. The Balaban J connectivity index is 1.86. The summed E-state index contributed by atoms with van der Waals surface area (Å²) in [5, 5.41) is 4.95. The zero-order chi connectivity index (χ0) is 23.3. The van der Waals surface area contributed by atoms with Gasteiger partial charge in [0.2, 0.25) is 0 Å². The van der Waals surface area contributed by atoms with Gasteiger partial charge in [-0.15, -0.1) is 0 Å². The van der Waals surface area contributed by atoms with Crippen molar-refractivity contribution in [2.24, 2.45) is 0 Å². The Morgan fingerprint density at radius 2 is 1.72 bits per heavy atom. The molecule has 0 radical (unpaired) electrons. The zero-order valence-corrected chi connectivity index (χ0v) is 20.9. The van der Waals surface area contributed by atoms with E-state index in [1.807, 2.05) is 18.2 Å². The summed E-state index contributed by atoms with van der Waals surface area (Å²) in [5.41, 5.74) is 1.78. The molecule has 2 N–H and O–H groups in total. The quantitative estimate of drug-likeness (QED) is 0.142. The molecule has 0 aliphatic carbocycles. The normalized spacial score (nSPS) is 12.2. The number of rotatable bonds is 14. The van der Waals surface area contributed by atoms with Crippen molar-refractivity contribution < 1.29 is 9.53 Å². The van der Waals surface area contributed by atoms with Crippen LogP contribution in [0.4, 0.5) is 0 Å². The Morgan fingerprint density at radius 1 is 1.06 bits per heavy atom. The first-order valence-electron chi connectivity index (χ1n) is 11.4. The molecule has 0 aliphatic heterocycles. The summed E-state index contributed by atoms with van der Waals surface area (Å²) < 4.78 is 5.27. The number of H-pyrrole nitrogens is 1. The van der Waals surface area contributed by atoms with Gasteiger partial charge < -0.3 is 19.9 Å². The molecule has 0 fully saturated rings. The molecule has 176 valence electrons. The summed E-state index contributed by atoms with van der Waals surface area (Å²) in [4.78, 5) is 18.2. The second-order valence-corrected chi connectivity index (χ2v) is 8.65. The first kappa shape index (κ1) is 26.3. The van der Waals surface area contributed by atoms with Gasteiger partial charge in [0.1, 0.15) is 0 Å². The molecular weight excluding hydrogens is 445 g/mol. The molecule has 0 saturated heterocycles. The van der Waals surface area contributed by atoms with E-state index in [-0.39, 0.29) is 11.7 Å². The van der Waals surface area contributed by atoms with Crippen LogP contribution in [0.2, 0.25) is 10.0 Å². The van der Waals surface area contributed by atoms with Gasteiger partial charge in [0, 0.05) is 23.1 Å². The Labute approximate surface area is 201 Å². The van der Waals surface area contributed by atoms with E-state index in [0.717, 1.165) is 42.7 Å². The molecule has 2 aromatic rings. The third kappa shape index (κ3) is 8.53. The average Bonchev–Trinajstić information content (AvgIpc) is 3.16. The van der Waals surface area contributed by atoms with Crippen molar-refractivity contribution in [1.29, 1.82) is 0 Å². The summed E-state index contributed by atoms with van der Waals surface area (Å²) >= 11 is 12.1. The minimum atomic E-state index is -0.207. The summed E-state index contributed by atoms with van der Waals surface area (Å²) in [5.74, 6) is 0.0679. The van der Waals surface area contributed by atoms with Crippen molar-refractivity contribution >= 4 is 46.1 Å². The summed E-state index contributed by atoms with van der Waals surface area (Å²) in [6, 6.07) is 5.59. The number of aromatic amines is 1. The predicted molar refractivity (Wildman–Crippen MR) is 136 cm³/mol. The average molecular weight is 480 g/mol. The molecule has 0 atom stereocenters. The Morgan fingerprint density at radius 3 is 2.38 bits per heavy atom. The summed E-state index contributed by atoms with van der Waals surface area (Å²) in [6.07, 6.45) is 11.1. The maximum Gasteiger partial charge on any atom is 0.286 e. The van der Waals surface area contributed by atoms with Crippen molar-refractivity contribution in [2.45, 2.75) is 46.0 Å². The molecule has 0 unspecified atom stereocenters. The lowest BCUT2D eigenvalue weighted by Crippen LogP contribution is -2.32. The molecule has 0 bridgehead atoms. The van der Waals surface area contributed by atoms with Crippen LogP contribution in [0.15, 0.2) is 36.1 Å². The lowest BCUT2D eigenvalue weighted by molar-refractivity contribution is -0.120. The Hall–Kier alpha value is -1.95. The number of aromatic nitrogens is 1. The monoisotopic (exact) mass is 479 g/mol. The van der Waals surface area contributed by atoms with Crippen LogP contribution in [0.3, 0.4) is 0 Å². The molecule has 32 heavy (non-hydrogen) atoms. The molecule has 1 amide bonds. The van der Waals surface area contributed by atoms with Crippen LogP contribution in [-0.4, -0.2) is 49.1 Å². The van der Waals surface area contributed by atoms with Gasteiger partial charge in [0.25, 0.3) is 5.91 Å². The highest BCUT2D eigenvalue weighted by Gasteiger charge is 2.09. The number of unbranched alkanes of at least 4 members (excludes halogenated alkanes) is 2. The van der Waals surface area contributed by atoms with E-state index < -0.39 is 0 Å². The molecule has 0 saturated carbocycles. The number of ether oxygens (including phenoxy) is 1. The van der Waals surface area contributed by atoms with Gasteiger partial charge in [-0.2, -0.15) is 0 Å². The van der Waals surface area contributed by atoms with Crippen LogP contribution in [-0.2, 0) is 9.53 Å². The number of benzene rings is 1. The van der Waals surface area contributed by atoms with Crippen molar-refractivity contribution in [1.82, 2.24) is 15.2 Å². The van der Waals surface area contributed by atoms with Gasteiger partial charge in [-0.05, 0) is 69.2 Å². The van der Waals surface area contributed by atoms with E-state index >= 15 is 0 Å². The molecule has 0 spiro atoms. The van der Waals surface area contributed by atoms with Crippen LogP contribution < -0.4 is 5.32 Å². The van der Waals surface area contributed by atoms with E-state index in [1.54, 1.807) is 18.2 Å². The second kappa shape index (κ2) is 14.2. The SMILES string of the molecule is CCCCN(CCCC)CCCNC(=O)/C(=C\C=C\c1cc2cc(Cl)c(Cl)cc2[nH]1)OC. The topological polar surface area (TPSA) is 57.4 Å². The lowest BCUT2D eigenvalue weighted by Gasteiger charge is -2.21. The number of methoxy groups -OCH3 is 1. The maximum atomic E-state index is 12.4. The number of amides is 1. The zero-order valence-electron chi connectivity index (χ0n) is 19.3. The van der Waals surface area contributed by atoms with Gasteiger partial charge in [-0.25, -0.2) is 0 Å². The van der Waals surface area contributed by atoms with Gasteiger partial charge >= 0.3 is 0 Å². The predicted octanol–water partition coefficient (Wildman–Crippen LogP) is 6.43. The van der Waals surface area contributed by atoms with Crippen LogP contribution >= 0.6 is 23.2 Å². The van der Waals surface area contributed by atoms with Crippen LogP contribution in [0.1, 0.15) is 51.6 Å². The highest BCUT2D eigenvalue weighted by atomic mass is 35.5. The third-order valence-electron chi connectivity index (χ3n) is 5.24. The number of nitrogens with zero attached hydrogens (tertiary/aromatic N) is 1. The Kier molecular flexibility index (Phi) is 11.7. The number of carbonyl (C=O) groups excluding carboxylic acids is 1. The van der Waals surface area contributed by atoms with E-state index in [0.29, 0.717) is 16.6 Å². The number of allylic oxidation sites excluding steroid dienone is 2. The molecule has 5 nitrogen and oxygen atoms in total. The molecule has 7 heteroatoms. The molecule has 2 rings (SSSR count). The smallest absolute Gasteiger partial charge is 0.286 e. The maximum absolute atomic E-state index is 12.4. The van der Waals surface area contributed by atoms with Crippen molar-refractivity contribution in [3.63, 3.8) is 0 Å². The van der Waals surface area contributed by atoms with Gasteiger partial charge in [0.15, 0.2) is 5.76 Å². The minimum absolute atomic E-state index is 0.207. The standard InChI is InChI=1S/C25H35Cl2N3O2/c1-4-6-13-30(14-7-5-2)15-9-12-28-25(31)24(32-3)11-8-10-20-16-19-17-21(26)22(27)18-23(19)29-20/h8,10-11,16-18,29H,4-7,9,12-15H2,1-3H3,(H,28,31)/b10-8+,24-11+. The summed E-state index contributed by atoms with van der Waals surface area (Å²) in [7, 11) is 1.50. The molecule has 1 aromatic heterocycles. The molecule has 1 aromatic carbocycles. The molecule has 0 aliphatic rings. The molecule has 1 heterocycles. The fraction of sp³-hybridized carbons (Fsp3) is 0.480. The van der Waals surface area contributed by atoms with Crippen LogP contribution in [0.5, 0.6) is 0 Å². The first-order chi connectivity index (χ1) is 15.5. The van der Waals surface area contributed by atoms with Crippen molar-refractivity contribution in [3.8, 4) is 0 Å². The van der Waals surface area contributed by atoms with Crippen LogP contribution in [0, 0.1) is 0 Å². The van der Waals surface area contributed by atoms with Gasteiger partial charge in [-0.3, -0.25) is 4.79 Å². The number of hydrogen-bond acceptors (Lipinski definition) is 3. The Bertz CT molecular complexity index is 874.